The summed E-state index contributed by atoms with van der Waals surface area (Å²) in [6, 6.07) is 13.3. The van der Waals surface area contributed by atoms with Gasteiger partial charge in [-0.05, 0) is 24.3 Å². The Morgan fingerprint density at radius 1 is 1.15 bits per heavy atom. The maximum Gasteiger partial charge on any atom is 0.269 e. The van der Waals surface area contributed by atoms with E-state index in [-0.39, 0.29) is 5.56 Å². The molecule has 5 nitrogen and oxygen atoms in total. The van der Waals surface area contributed by atoms with Crippen LogP contribution in [0.15, 0.2) is 53.5 Å². The molecule has 2 heterocycles. The molecule has 20 heavy (non-hydrogen) atoms. The molecular formula is C15H14N4O. The van der Waals surface area contributed by atoms with Gasteiger partial charge in [0.1, 0.15) is 5.82 Å². The standard InChI is InChI=1S/C15H14N4O/c1-16-14-8-4-5-11(18-14)10-19-13-7-3-2-6-12(13)17-9-15(19)20/h2-9H,10H2,1H3,(H,16,18). The first kappa shape index (κ1) is 12.3. The Morgan fingerprint density at radius 2 is 2.00 bits per heavy atom. The lowest BCUT2D eigenvalue weighted by molar-refractivity contribution is 0.765. The Morgan fingerprint density at radius 3 is 2.85 bits per heavy atom. The lowest BCUT2D eigenvalue weighted by Crippen LogP contribution is -2.21. The Balaban J connectivity index is 2.10. The van der Waals surface area contributed by atoms with Gasteiger partial charge in [0.2, 0.25) is 0 Å². The van der Waals surface area contributed by atoms with E-state index in [1.165, 1.54) is 6.20 Å². The van der Waals surface area contributed by atoms with E-state index in [1.54, 1.807) is 4.57 Å². The Kier molecular flexibility index (Phi) is 3.16. The van der Waals surface area contributed by atoms with Gasteiger partial charge in [-0.1, -0.05) is 18.2 Å². The van der Waals surface area contributed by atoms with Gasteiger partial charge in [0, 0.05) is 7.05 Å². The topological polar surface area (TPSA) is 59.8 Å². The van der Waals surface area contributed by atoms with Gasteiger partial charge in [-0.15, -0.1) is 0 Å². The molecule has 1 aromatic carbocycles. The molecule has 1 N–H and O–H groups in total. The van der Waals surface area contributed by atoms with Crippen molar-refractivity contribution in [2.45, 2.75) is 6.54 Å². The van der Waals surface area contributed by atoms with Gasteiger partial charge in [0.15, 0.2) is 0 Å². The SMILES string of the molecule is CNc1cccc(Cn2c(=O)cnc3ccccc32)n1. The van der Waals surface area contributed by atoms with Crippen LogP contribution in [0.1, 0.15) is 5.69 Å². The smallest absolute Gasteiger partial charge is 0.269 e. The van der Waals surface area contributed by atoms with Gasteiger partial charge >= 0.3 is 0 Å². The molecule has 0 aliphatic rings. The van der Waals surface area contributed by atoms with Gasteiger partial charge in [-0.25, -0.2) is 9.97 Å². The van der Waals surface area contributed by atoms with Crippen LogP contribution in [-0.2, 0) is 6.54 Å². The van der Waals surface area contributed by atoms with Gasteiger partial charge in [-0.2, -0.15) is 0 Å². The zero-order valence-corrected chi connectivity index (χ0v) is 11.1. The highest BCUT2D eigenvalue weighted by Crippen LogP contribution is 2.11. The largest absolute Gasteiger partial charge is 0.373 e. The molecule has 0 saturated heterocycles. The number of nitrogens with one attached hydrogen (secondary N) is 1. The second kappa shape index (κ2) is 5.13. The summed E-state index contributed by atoms with van der Waals surface area (Å²) < 4.78 is 1.68. The number of hydrogen-bond acceptors (Lipinski definition) is 4. The molecule has 0 saturated carbocycles. The molecule has 0 unspecified atom stereocenters. The molecule has 0 fully saturated rings. The van der Waals surface area contributed by atoms with E-state index in [2.05, 4.69) is 15.3 Å². The highest BCUT2D eigenvalue weighted by molar-refractivity contribution is 5.74. The summed E-state index contributed by atoms with van der Waals surface area (Å²) in [6.07, 6.45) is 1.35. The fourth-order valence-electron chi connectivity index (χ4n) is 2.15. The van der Waals surface area contributed by atoms with Gasteiger partial charge in [-0.3, -0.25) is 9.36 Å². The van der Waals surface area contributed by atoms with Crippen molar-refractivity contribution in [3.63, 3.8) is 0 Å². The third-order valence-electron chi connectivity index (χ3n) is 3.14. The van der Waals surface area contributed by atoms with Gasteiger partial charge in [0.25, 0.3) is 5.56 Å². The summed E-state index contributed by atoms with van der Waals surface area (Å²) in [4.78, 5) is 20.6. The van der Waals surface area contributed by atoms with Crippen molar-refractivity contribution in [2.75, 3.05) is 12.4 Å². The zero-order chi connectivity index (χ0) is 13.9. The third-order valence-corrected chi connectivity index (χ3v) is 3.14. The molecule has 100 valence electrons. The average Bonchev–Trinajstić information content (AvgIpc) is 2.50. The van der Waals surface area contributed by atoms with Crippen LogP contribution in [0.4, 0.5) is 5.82 Å². The van der Waals surface area contributed by atoms with Crippen LogP contribution in [0.3, 0.4) is 0 Å². The first-order valence-electron chi connectivity index (χ1n) is 6.36. The molecule has 0 spiro atoms. The number of pyridine rings is 1. The second-order valence-electron chi connectivity index (χ2n) is 4.44. The van der Waals surface area contributed by atoms with E-state index in [0.717, 1.165) is 22.5 Å². The lowest BCUT2D eigenvalue weighted by Gasteiger charge is -2.09. The molecule has 0 aliphatic carbocycles. The van der Waals surface area contributed by atoms with Crippen molar-refractivity contribution in [3.8, 4) is 0 Å². The Labute approximate surface area is 115 Å². The molecule has 0 amide bonds. The Bertz CT molecular complexity index is 810. The van der Waals surface area contributed by atoms with Crippen LogP contribution in [0.5, 0.6) is 0 Å². The van der Waals surface area contributed by atoms with E-state index in [4.69, 9.17) is 0 Å². The molecule has 3 aromatic rings. The number of aromatic nitrogens is 3. The molecule has 0 radical (unpaired) electrons. The molecule has 0 aliphatic heterocycles. The molecule has 5 heteroatoms. The average molecular weight is 266 g/mol. The monoisotopic (exact) mass is 266 g/mol. The third kappa shape index (κ3) is 2.25. The Hall–Kier alpha value is -2.69. The van der Waals surface area contributed by atoms with E-state index in [1.807, 2.05) is 49.5 Å². The van der Waals surface area contributed by atoms with Crippen molar-refractivity contribution in [2.24, 2.45) is 0 Å². The normalized spacial score (nSPS) is 10.7. The number of nitrogens with zero attached hydrogens (tertiary/aromatic N) is 3. The number of fused-ring (bicyclic) bond motifs is 1. The summed E-state index contributed by atoms with van der Waals surface area (Å²) in [5.41, 5.74) is 2.32. The van der Waals surface area contributed by atoms with Crippen molar-refractivity contribution in [3.05, 3.63) is 64.7 Å². The van der Waals surface area contributed by atoms with Gasteiger partial charge < -0.3 is 5.32 Å². The minimum Gasteiger partial charge on any atom is -0.373 e. The zero-order valence-electron chi connectivity index (χ0n) is 11.1. The number of benzene rings is 1. The molecule has 2 aromatic heterocycles. The molecule has 0 atom stereocenters. The summed E-state index contributed by atoms with van der Waals surface area (Å²) in [5, 5.41) is 2.99. The first-order valence-corrected chi connectivity index (χ1v) is 6.36. The van der Waals surface area contributed by atoms with Crippen LogP contribution >= 0.6 is 0 Å². The van der Waals surface area contributed by atoms with Crippen LogP contribution in [-0.4, -0.2) is 21.6 Å². The van der Waals surface area contributed by atoms with Crippen LogP contribution in [0.25, 0.3) is 11.0 Å². The van der Waals surface area contributed by atoms with Crippen molar-refractivity contribution in [1.29, 1.82) is 0 Å². The molecule has 3 rings (SSSR count). The van der Waals surface area contributed by atoms with E-state index >= 15 is 0 Å². The first-order chi connectivity index (χ1) is 9.78. The highest BCUT2D eigenvalue weighted by atomic mass is 16.1. The van der Waals surface area contributed by atoms with E-state index in [0.29, 0.717) is 6.54 Å². The number of anilines is 1. The predicted molar refractivity (Wildman–Crippen MR) is 78.9 cm³/mol. The van der Waals surface area contributed by atoms with Crippen LogP contribution in [0, 0.1) is 0 Å². The van der Waals surface area contributed by atoms with E-state index in [9.17, 15) is 4.79 Å². The summed E-state index contributed by atoms with van der Waals surface area (Å²) in [7, 11) is 1.82. The maximum absolute atomic E-state index is 12.0. The molecule has 0 bridgehead atoms. The van der Waals surface area contributed by atoms with Crippen molar-refractivity contribution < 1.29 is 0 Å². The van der Waals surface area contributed by atoms with Crippen molar-refractivity contribution in [1.82, 2.24) is 14.5 Å². The van der Waals surface area contributed by atoms with Crippen LogP contribution in [0.2, 0.25) is 0 Å². The minimum atomic E-state index is -0.125. The molecular weight excluding hydrogens is 252 g/mol. The summed E-state index contributed by atoms with van der Waals surface area (Å²) >= 11 is 0. The highest BCUT2D eigenvalue weighted by Gasteiger charge is 2.05. The predicted octanol–water partition coefficient (Wildman–Crippen LogP) is 1.88. The van der Waals surface area contributed by atoms with Gasteiger partial charge in [0.05, 0.1) is 29.5 Å². The summed E-state index contributed by atoms with van der Waals surface area (Å²) in [5.74, 6) is 0.786. The fourth-order valence-corrected chi connectivity index (χ4v) is 2.15. The minimum absolute atomic E-state index is 0.125. The second-order valence-corrected chi connectivity index (χ2v) is 4.44. The van der Waals surface area contributed by atoms with E-state index < -0.39 is 0 Å². The van der Waals surface area contributed by atoms with Crippen molar-refractivity contribution >= 4 is 16.9 Å². The lowest BCUT2D eigenvalue weighted by atomic mass is 10.2. The quantitative estimate of drug-likeness (QED) is 0.786. The maximum atomic E-state index is 12.0. The fraction of sp³-hybridized carbons (Fsp3) is 0.133. The summed E-state index contributed by atoms with van der Waals surface area (Å²) in [6.45, 7) is 0.428. The number of hydrogen-bond donors (Lipinski definition) is 1. The number of para-hydroxylation sites is 2. The number of rotatable bonds is 3. The van der Waals surface area contributed by atoms with Crippen LogP contribution < -0.4 is 10.9 Å².